The highest BCUT2D eigenvalue weighted by Gasteiger charge is 2.43. The van der Waals surface area contributed by atoms with Crippen LogP contribution in [0.1, 0.15) is 52.8 Å². The molecule has 6 nitrogen and oxygen atoms in total. The predicted molar refractivity (Wildman–Crippen MR) is 147 cm³/mol. The van der Waals surface area contributed by atoms with Crippen LogP contribution in [0, 0.1) is 0 Å². The van der Waals surface area contributed by atoms with Crippen molar-refractivity contribution in [2.45, 2.75) is 57.1 Å². The first-order valence-electron chi connectivity index (χ1n) is 13.3. The summed E-state index contributed by atoms with van der Waals surface area (Å²) >= 11 is 6.00. The van der Waals surface area contributed by atoms with Crippen molar-refractivity contribution in [3.05, 3.63) is 99.1 Å². The number of carbonyl (C=O) groups is 2. The van der Waals surface area contributed by atoms with Gasteiger partial charge >= 0.3 is 30.7 Å². The Morgan fingerprint density at radius 3 is 1.98 bits per heavy atom. The maximum atomic E-state index is 13.9. The highest BCUT2D eigenvalue weighted by atomic mass is 35.5. The predicted octanol–water partition coefficient (Wildman–Crippen LogP) is 9.64. The minimum absolute atomic E-state index is 0.0820. The van der Waals surface area contributed by atoms with Gasteiger partial charge in [-0.25, -0.2) is 9.59 Å². The van der Waals surface area contributed by atoms with E-state index in [0.717, 1.165) is 23.0 Å². The summed E-state index contributed by atoms with van der Waals surface area (Å²) in [6.07, 6.45) is -17.9. The first-order valence-corrected chi connectivity index (χ1v) is 13.7. The molecule has 16 heteroatoms. The van der Waals surface area contributed by atoms with Gasteiger partial charge in [-0.1, -0.05) is 41.9 Å². The molecule has 0 radical (unpaired) electrons. The summed E-state index contributed by atoms with van der Waals surface area (Å²) in [6.45, 7) is 0.295. The Morgan fingerprint density at radius 1 is 0.870 bits per heavy atom. The molecule has 3 aromatic rings. The molecule has 0 aromatic heterocycles. The van der Waals surface area contributed by atoms with Gasteiger partial charge < -0.3 is 9.47 Å². The molecule has 1 heterocycles. The van der Waals surface area contributed by atoms with Crippen molar-refractivity contribution in [1.29, 1.82) is 0 Å². The van der Waals surface area contributed by atoms with Crippen LogP contribution in [-0.4, -0.2) is 30.2 Å². The first kappa shape index (κ1) is 34.7. The standard InChI is InChI=1S/C30H24ClF9N2O4/c1-16-8-24(41(26(43)45-2)14-18-9-19(28(32,33)34)11-20(10-18)29(35,36)37)21-12-23(31)22(30(38,39)40)13-25(21)42(16)27(44)46-15-17-6-4-3-5-7-17/h3-7,9-13,16,24H,8,14-15H2,1-2H3/t16-,24+/m0/s1. The Labute approximate surface area is 261 Å². The van der Waals surface area contributed by atoms with Crippen LogP contribution in [0.5, 0.6) is 0 Å². The van der Waals surface area contributed by atoms with Gasteiger partial charge in [0.15, 0.2) is 0 Å². The van der Waals surface area contributed by atoms with Crippen LogP contribution in [0.4, 0.5) is 54.8 Å². The summed E-state index contributed by atoms with van der Waals surface area (Å²) in [5.41, 5.74) is -5.16. The number of hydrogen-bond acceptors (Lipinski definition) is 4. The second kappa shape index (κ2) is 12.9. The summed E-state index contributed by atoms with van der Waals surface area (Å²) in [4.78, 5) is 28.0. The average molecular weight is 683 g/mol. The van der Waals surface area contributed by atoms with Crippen molar-refractivity contribution < 1.29 is 58.6 Å². The molecule has 0 bridgehead atoms. The average Bonchev–Trinajstić information content (AvgIpc) is 2.97. The first-order chi connectivity index (χ1) is 21.3. The van der Waals surface area contributed by atoms with Gasteiger partial charge in [0.1, 0.15) is 6.61 Å². The molecule has 0 saturated carbocycles. The minimum Gasteiger partial charge on any atom is -0.453 e. The second-order valence-electron chi connectivity index (χ2n) is 10.4. The van der Waals surface area contributed by atoms with E-state index in [9.17, 15) is 49.1 Å². The van der Waals surface area contributed by atoms with Crippen LogP contribution in [-0.2, 0) is 41.2 Å². The molecule has 3 aromatic carbocycles. The van der Waals surface area contributed by atoms with E-state index in [1.54, 1.807) is 30.3 Å². The number of hydrogen-bond donors (Lipinski definition) is 0. The van der Waals surface area contributed by atoms with Crippen LogP contribution >= 0.6 is 11.6 Å². The van der Waals surface area contributed by atoms with Crippen LogP contribution < -0.4 is 4.90 Å². The number of benzene rings is 3. The van der Waals surface area contributed by atoms with Gasteiger partial charge in [0, 0.05) is 18.2 Å². The fourth-order valence-corrected chi connectivity index (χ4v) is 5.43. The van der Waals surface area contributed by atoms with E-state index < -0.39 is 76.6 Å². The molecule has 2 amide bonds. The Morgan fingerprint density at radius 2 is 1.46 bits per heavy atom. The molecular weight excluding hydrogens is 659 g/mol. The number of rotatable bonds is 5. The van der Waals surface area contributed by atoms with Crippen molar-refractivity contribution in [3.63, 3.8) is 0 Å². The molecule has 46 heavy (non-hydrogen) atoms. The van der Waals surface area contributed by atoms with E-state index >= 15 is 0 Å². The lowest BCUT2D eigenvalue weighted by atomic mass is 9.89. The zero-order valence-electron chi connectivity index (χ0n) is 23.9. The van der Waals surface area contributed by atoms with E-state index in [4.69, 9.17) is 21.1 Å². The topological polar surface area (TPSA) is 59.1 Å². The quantitative estimate of drug-likeness (QED) is 0.252. The largest absolute Gasteiger partial charge is 0.453 e. The molecule has 0 spiro atoms. The summed E-state index contributed by atoms with van der Waals surface area (Å²) in [6, 6.07) is 8.21. The van der Waals surface area contributed by atoms with Gasteiger partial charge in [-0.3, -0.25) is 9.80 Å². The van der Waals surface area contributed by atoms with Gasteiger partial charge in [-0.05, 0) is 54.8 Å². The summed E-state index contributed by atoms with van der Waals surface area (Å²) < 4.78 is 133. The zero-order valence-corrected chi connectivity index (χ0v) is 24.6. The molecule has 1 aliphatic rings. The molecule has 0 unspecified atom stereocenters. The van der Waals surface area contributed by atoms with Crippen LogP contribution in [0.3, 0.4) is 0 Å². The molecule has 0 N–H and O–H groups in total. The monoisotopic (exact) mass is 682 g/mol. The molecule has 0 fully saturated rings. The number of fused-ring (bicyclic) bond motifs is 1. The van der Waals surface area contributed by atoms with Crippen LogP contribution in [0.25, 0.3) is 0 Å². The summed E-state index contributed by atoms with van der Waals surface area (Å²) in [7, 11) is 0.906. The molecular formula is C30H24ClF9N2O4. The van der Waals surface area contributed by atoms with E-state index in [1.807, 2.05) is 0 Å². The molecule has 2 atom stereocenters. The minimum atomic E-state index is -5.18. The van der Waals surface area contributed by atoms with Crippen molar-refractivity contribution in [2.24, 2.45) is 0 Å². The van der Waals surface area contributed by atoms with E-state index in [-0.39, 0.29) is 30.3 Å². The van der Waals surface area contributed by atoms with Gasteiger partial charge in [-0.15, -0.1) is 0 Å². The Kier molecular flexibility index (Phi) is 9.76. The molecule has 0 saturated heterocycles. The number of ether oxygens (including phenoxy) is 2. The third-order valence-corrected chi connectivity index (χ3v) is 7.55. The summed E-state index contributed by atoms with van der Waals surface area (Å²) in [5.74, 6) is 0. The third-order valence-electron chi connectivity index (χ3n) is 7.23. The molecule has 0 aliphatic carbocycles. The number of methoxy groups -OCH3 is 1. The SMILES string of the molecule is COC(=O)N(Cc1cc(C(F)(F)F)cc(C(F)(F)F)c1)[C@@H]1C[C@H](C)N(C(=O)OCc2ccccc2)c2cc(C(F)(F)F)c(Cl)cc21. The Bertz CT molecular complexity index is 1560. The number of anilines is 1. The zero-order chi connectivity index (χ0) is 34.2. The van der Waals surface area contributed by atoms with Gasteiger partial charge in [-0.2, -0.15) is 39.5 Å². The Balaban J connectivity index is 1.82. The van der Waals surface area contributed by atoms with Crippen LogP contribution in [0.15, 0.2) is 60.7 Å². The maximum Gasteiger partial charge on any atom is 0.417 e. The van der Waals surface area contributed by atoms with Gasteiger partial charge in [0.2, 0.25) is 0 Å². The number of carbonyl (C=O) groups excluding carboxylic acids is 2. The van der Waals surface area contributed by atoms with E-state index in [0.29, 0.717) is 23.8 Å². The van der Waals surface area contributed by atoms with Crippen molar-refractivity contribution in [2.75, 3.05) is 12.0 Å². The Hall–Kier alpha value is -4.14. The highest BCUT2D eigenvalue weighted by Crippen LogP contribution is 2.47. The van der Waals surface area contributed by atoms with E-state index in [2.05, 4.69) is 0 Å². The summed E-state index contributed by atoms with van der Waals surface area (Å²) in [5, 5.41) is -0.827. The number of alkyl halides is 9. The van der Waals surface area contributed by atoms with E-state index in [1.165, 1.54) is 6.92 Å². The number of nitrogens with zero attached hydrogens (tertiary/aromatic N) is 2. The fourth-order valence-electron chi connectivity index (χ4n) is 5.15. The lowest BCUT2D eigenvalue weighted by molar-refractivity contribution is -0.143. The fraction of sp³-hybridized carbons (Fsp3) is 0.333. The molecule has 1 aliphatic heterocycles. The lowest BCUT2D eigenvalue weighted by Gasteiger charge is -2.43. The second-order valence-corrected chi connectivity index (χ2v) is 10.8. The van der Waals surface area contributed by atoms with Crippen molar-refractivity contribution in [1.82, 2.24) is 4.90 Å². The van der Waals surface area contributed by atoms with Gasteiger partial charge in [0.05, 0.1) is 40.6 Å². The van der Waals surface area contributed by atoms with Crippen molar-refractivity contribution >= 4 is 29.5 Å². The van der Waals surface area contributed by atoms with Gasteiger partial charge in [0.25, 0.3) is 0 Å². The smallest absolute Gasteiger partial charge is 0.417 e. The highest BCUT2D eigenvalue weighted by molar-refractivity contribution is 6.31. The third kappa shape index (κ3) is 7.62. The normalized spacial score (nSPS) is 16.9. The number of amides is 2. The molecule has 248 valence electrons. The maximum absolute atomic E-state index is 13.9. The van der Waals surface area contributed by atoms with Crippen molar-refractivity contribution in [3.8, 4) is 0 Å². The molecule has 4 rings (SSSR count). The van der Waals surface area contributed by atoms with Crippen LogP contribution in [0.2, 0.25) is 5.02 Å². The number of halogens is 10. The lowest BCUT2D eigenvalue weighted by Crippen LogP contribution is -2.47.